The molecule has 1 saturated carbocycles. The van der Waals surface area contributed by atoms with Gasteiger partial charge in [-0.2, -0.15) is 0 Å². The molecule has 3 aliphatic rings. The van der Waals surface area contributed by atoms with Gasteiger partial charge in [0, 0.05) is 18.7 Å². The van der Waals surface area contributed by atoms with Crippen LogP contribution in [0, 0.1) is 11.8 Å². The molecule has 0 spiro atoms. The summed E-state index contributed by atoms with van der Waals surface area (Å²) in [5.41, 5.74) is 2.24. The Kier molecular flexibility index (Phi) is 5.43. The third-order valence-corrected chi connectivity index (χ3v) is 8.85. The average Bonchev–Trinajstić information content (AvgIpc) is 2.68. The topological polar surface area (TPSA) is 20.3 Å². The van der Waals surface area contributed by atoms with Crippen LogP contribution in [0.15, 0.2) is 24.3 Å². The third kappa shape index (κ3) is 3.65. The monoisotopic (exact) mass is 361 g/mol. The van der Waals surface area contributed by atoms with E-state index in [4.69, 9.17) is 0 Å². The summed E-state index contributed by atoms with van der Waals surface area (Å²) in [6.45, 7) is 1.94. The van der Waals surface area contributed by atoms with Gasteiger partial charge in [-0.05, 0) is 60.3 Å². The fraction of sp³-hybridized carbons (Fsp3) is 0.650. The Bertz CT molecular complexity index is 568. The van der Waals surface area contributed by atoms with Gasteiger partial charge >= 0.3 is 0 Å². The van der Waals surface area contributed by atoms with Crippen LogP contribution in [0.4, 0.5) is 0 Å². The van der Waals surface area contributed by atoms with Gasteiger partial charge in [0.05, 0.1) is 4.58 Å². The standard InChI is InChI=1S/C20H27NOS2/c22-19(21-11-10-15-4-1-2-5-18(15)14-21)16-6-8-17(9-7-16)20-23-12-3-13-24-20/h6-9,15,18,20H,1-5,10-14H2/t15-,18+/m0/s1. The molecule has 130 valence electrons. The van der Waals surface area contributed by atoms with Gasteiger partial charge in [0.15, 0.2) is 0 Å². The molecule has 1 aromatic rings. The number of thioether (sulfide) groups is 2. The van der Waals surface area contributed by atoms with Gasteiger partial charge in [-0.1, -0.05) is 31.4 Å². The summed E-state index contributed by atoms with van der Waals surface area (Å²) >= 11 is 4.08. The molecule has 4 heteroatoms. The van der Waals surface area contributed by atoms with E-state index in [1.165, 1.54) is 55.6 Å². The number of fused-ring (bicyclic) bond motifs is 1. The van der Waals surface area contributed by atoms with Crippen molar-refractivity contribution in [3.63, 3.8) is 0 Å². The maximum absolute atomic E-state index is 12.9. The minimum absolute atomic E-state index is 0.245. The van der Waals surface area contributed by atoms with Crippen molar-refractivity contribution in [2.45, 2.75) is 43.1 Å². The van der Waals surface area contributed by atoms with E-state index >= 15 is 0 Å². The quantitative estimate of drug-likeness (QED) is 0.721. The van der Waals surface area contributed by atoms with Crippen molar-refractivity contribution < 1.29 is 4.79 Å². The number of carbonyl (C=O) groups is 1. The number of amides is 1. The summed E-state index contributed by atoms with van der Waals surface area (Å²) < 4.78 is 0.556. The maximum Gasteiger partial charge on any atom is 0.253 e. The van der Waals surface area contributed by atoms with E-state index < -0.39 is 0 Å². The number of rotatable bonds is 2. The lowest BCUT2D eigenvalue weighted by Crippen LogP contribution is -2.44. The average molecular weight is 362 g/mol. The largest absolute Gasteiger partial charge is 0.338 e. The first-order chi connectivity index (χ1) is 11.8. The molecule has 2 heterocycles. The van der Waals surface area contributed by atoms with Crippen molar-refractivity contribution in [2.75, 3.05) is 24.6 Å². The highest BCUT2D eigenvalue weighted by atomic mass is 32.2. The smallest absolute Gasteiger partial charge is 0.253 e. The van der Waals surface area contributed by atoms with E-state index in [0.29, 0.717) is 4.58 Å². The van der Waals surface area contributed by atoms with Gasteiger partial charge in [-0.3, -0.25) is 4.79 Å². The molecule has 3 fully saturated rings. The van der Waals surface area contributed by atoms with E-state index in [0.717, 1.165) is 30.5 Å². The molecule has 1 aliphatic carbocycles. The van der Waals surface area contributed by atoms with Gasteiger partial charge in [0.1, 0.15) is 0 Å². The summed E-state index contributed by atoms with van der Waals surface area (Å²) in [5.74, 6) is 4.40. The van der Waals surface area contributed by atoms with Gasteiger partial charge in [-0.25, -0.2) is 0 Å². The second-order valence-electron chi connectivity index (χ2n) is 7.39. The highest BCUT2D eigenvalue weighted by Gasteiger charge is 2.33. The zero-order chi connectivity index (χ0) is 16.4. The summed E-state index contributed by atoms with van der Waals surface area (Å²) in [4.78, 5) is 15.0. The van der Waals surface area contributed by atoms with Crippen LogP contribution in [0.25, 0.3) is 0 Å². The van der Waals surface area contributed by atoms with Crippen LogP contribution in [-0.2, 0) is 0 Å². The lowest BCUT2D eigenvalue weighted by Gasteiger charge is -2.41. The van der Waals surface area contributed by atoms with Gasteiger partial charge < -0.3 is 4.90 Å². The first kappa shape index (κ1) is 16.8. The summed E-state index contributed by atoms with van der Waals surface area (Å²) in [5, 5.41) is 0. The molecule has 0 N–H and O–H groups in total. The number of hydrogen-bond acceptors (Lipinski definition) is 3. The number of hydrogen-bond donors (Lipinski definition) is 0. The van der Waals surface area contributed by atoms with Crippen LogP contribution in [0.3, 0.4) is 0 Å². The highest BCUT2D eigenvalue weighted by Crippen LogP contribution is 2.43. The molecule has 4 rings (SSSR count). The number of carbonyl (C=O) groups excluding carboxylic acids is 1. The van der Waals surface area contributed by atoms with E-state index in [1.807, 2.05) is 23.5 Å². The third-order valence-electron chi connectivity index (χ3n) is 5.84. The minimum Gasteiger partial charge on any atom is -0.338 e. The fourth-order valence-electron chi connectivity index (χ4n) is 4.43. The van der Waals surface area contributed by atoms with Crippen molar-refractivity contribution in [3.8, 4) is 0 Å². The van der Waals surface area contributed by atoms with Crippen LogP contribution < -0.4 is 0 Å². The Morgan fingerprint density at radius 3 is 2.38 bits per heavy atom. The Balaban J connectivity index is 1.40. The van der Waals surface area contributed by atoms with Crippen LogP contribution >= 0.6 is 23.5 Å². The Labute approximate surface area is 154 Å². The zero-order valence-corrected chi connectivity index (χ0v) is 15.9. The van der Waals surface area contributed by atoms with Gasteiger partial charge in [0.25, 0.3) is 5.91 Å². The van der Waals surface area contributed by atoms with Gasteiger partial charge in [0.2, 0.25) is 0 Å². The molecule has 2 nitrogen and oxygen atoms in total. The predicted octanol–water partition coefficient (Wildman–Crippen LogP) is 5.21. The van der Waals surface area contributed by atoms with Crippen LogP contribution in [-0.4, -0.2) is 35.4 Å². The van der Waals surface area contributed by atoms with Crippen LogP contribution in [0.1, 0.15) is 59.0 Å². The SMILES string of the molecule is O=C(c1ccc(C2SCCCS2)cc1)N1CC[C@@H]2CCCC[C@@H]2C1. The van der Waals surface area contributed by atoms with Crippen molar-refractivity contribution >= 4 is 29.4 Å². The lowest BCUT2D eigenvalue weighted by molar-refractivity contribution is 0.0521. The minimum atomic E-state index is 0.245. The fourth-order valence-corrected chi connectivity index (χ4v) is 7.33. The maximum atomic E-state index is 12.9. The number of piperidine rings is 1. The molecule has 0 aromatic heterocycles. The zero-order valence-electron chi connectivity index (χ0n) is 14.3. The molecule has 0 unspecified atom stereocenters. The number of likely N-dealkylation sites (tertiary alicyclic amines) is 1. The lowest BCUT2D eigenvalue weighted by atomic mass is 9.75. The Hall–Kier alpha value is -0.610. The van der Waals surface area contributed by atoms with E-state index in [-0.39, 0.29) is 5.91 Å². The summed E-state index contributed by atoms with van der Waals surface area (Å²) in [6, 6.07) is 8.47. The second-order valence-corrected chi connectivity index (χ2v) is 10.1. The molecular formula is C20H27NOS2. The Morgan fingerprint density at radius 1 is 0.917 bits per heavy atom. The van der Waals surface area contributed by atoms with Gasteiger partial charge in [-0.15, -0.1) is 23.5 Å². The van der Waals surface area contributed by atoms with Crippen molar-refractivity contribution in [2.24, 2.45) is 11.8 Å². The first-order valence-electron chi connectivity index (χ1n) is 9.44. The highest BCUT2D eigenvalue weighted by molar-refractivity contribution is 8.16. The number of benzene rings is 1. The van der Waals surface area contributed by atoms with Crippen molar-refractivity contribution in [1.29, 1.82) is 0 Å². The molecule has 0 bridgehead atoms. The molecule has 24 heavy (non-hydrogen) atoms. The van der Waals surface area contributed by atoms with E-state index in [2.05, 4.69) is 29.2 Å². The summed E-state index contributed by atoms with van der Waals surface area (Å²) in [6.07, 6.45) is 7.99. The van der Waals surface area contributed by atoms with E-state index in [1.54, 1.807) is 0 Å². The molecule has 2 atom stereocenters. The molecule has 1 aromatic carbocycles. The number of nitrogens with zero attached hydrogens (tertiary/aromatic N) is 1. The normalized spacial score (nSPS) is 28.4. The molecule has 1 amide bonds. The van der Waals surface area contributed by atoms with Crippen LogP contribution in [0.5, 0.6) is 0 Å². The van der Waals surface area contributed by atoms with Crippen molar-refractivity contribution in [1.82, 2.24) is 4.90 Å². The van der Waals surface area contributed by atoms with Crippen LogP contribution in [0.2, 0.25) is 0 Å². The van der Waals surface area contributed by atoms with E-state index in [9.17, 15) is 4.79 Å². The van der Waals surface area contributed by atoms with Crippen molar-refractivity contribution in [3.05, 3.63) is 35.4 Å². The molecule has 2 aliphatic heterocycles. The second kappa shape index (κ2) is 7.74. The first-order valence-corrected chi connectivity index (χ1v) is 11.5. The predicted molar refractivity (Wildman–Crippen MR) is 105 cm³/mol. The Morgan fingerprint density at radius 2 is 1.62 bits per heavy atom. The molecule has 2 saturated heterocycles. The summed E-state index contributed by atoms with van der Waals surface area (Å²) in [7, 11) is 0. The molecule has 0 radical (unpaired) electrons. The molecular weight excluding hydrogens is 334 g/mol.